The number of piperazine rings is 1. The van der Waals surface area contributed by atoms with E-state index >= 15 is 0 Å². The molecule has 0 unspecified atom stereocenters. The van der Waals surface area contributed by atoms with Crippen molar-refractivity contribution >= 4 is 52.0 Å². The maximum atomic E-state index is 14.2. The summed E-state index contributed by atoms with van der Waals surface area (Å²) in [7, 11) is 1.38. The molecule has 278 valence electrons. The van der Waals surface area contributed by atoms with Crippen LogP contribution >= 0.6 is 11.6 Å². The number of alkyl halides is 3. The summed E-state index contributed by atoms with van der Waals surface area (Å²) in [6.07, 6.45) is -0.218. The smallest absolute Gasteiger partial charge is 0.435 e. The van der Waals surface area contributed by atoms with Gasteiger partial charge >= 0.3 is 12.3 Å². The van der Waals surface area contributed by atoms with E-state index in [1.165, 1.54) is 57.9 Å². The molecule has 4 aromatic heterocycles. The number of nitrogens with one attached hydrogen (secondary N) is 1. The lowest BCUT2D eigenvalue weighted by Crippen LogP contribution is -2.51. The van der Waals surface area contributed by atoms with Crippen LogP contribution in [0.15, 0.2) is 49.1 Å². The molecule has 4 amide bonds. The van der Waals surface area contributed by atoms with Gasteiger partial charge in [0.2, 0.25) is 5.91 Å². The van der Waals surface area contributed by atoms with Crippen LogP contribution in [0.25, 0.3) is 28.0 Å². The number of amides is 4. The fourth-order valence-electron chi connectivity index (χ4n) is 5.63. The van der Waals surface area contributed by atoms with Crippen LogP contribution in [0.3, 0.4) is 0 Å². The molecule has 0 atom stereocenters. The van der Waals surface area contributed by atoms with Crippen molar-refractivity contribution in [1.82, 2.24) is 43.9 Å². The van der Waals surface area contributed by atoms with Crippen molar-refractivity contribution in [3.63, 3.8) is 0 Å². The largest absolute Gasteiger partial charge is 0.444 e. The van der Waals surface area contributed by atoms with E-state index in [0.29, 0.717) is 10.9 Å². The Labute approximate surface area is 304 Å². The van der Waals surface area contributed by atoms with Crippen molar-refractivity contribution < 1.29 is 37.1 Å². The van der Waals surface area contributed by atoms with Crippen LogP contribution < -0.4 is 11.1 Å². The maximum Gasteiger partial charge on any atom is 0.435 e. The van der Waals surface area contributed by atoms with E-state index < -0.39 is 35.4 Å². The first kappa shape index (κ1) is 36.8. The number of carbonyl (C=O) groups is 4. The molecule has 0 saturated carbocycles. The Morgan fingerprint density at radius 1 is 0.962 bits per heavy atom. The number of pyridine rings is 1. The lowest BCUT2D eigenvalue weighted by atomic mass is 10.1. The standard InChI is InChI=1S/C33H33ClF3N11O5/c1-32(2,3)53-31(52)46-9-7-45(8-10-46)30(51)20-6-5-19(11-22(20)34)41-29(50)28-40-14-24(44(28)4)21-16-48(43-27(21)33(35,36)37)26-12-23-18(13-39-26)15-47(42-23)17-25(38)49/h5-6,11-16H,7-10,17H2,1-4H3,(H2,38,49)(H,41,50). The van der Waals surface area contributed by atoms with Crippen LogP contribution in [0.4, 0.5) is 23.7 Å². The number of hydrogen-bond donors (Lipinski definition) is 2. The van der Waals surface area contributed by atoms with Gasteiger partial charge in [-0.15, -0.1) is 0 Å². The van der Waals surface area contributed by atoms with Gasteiger partial charge in [-0.3, -0.25) is 19.1 Å². The first-order valence-electron chi connectivity index (χ1n) is 16.1. The number of nitrogens with two attached hydrogens (primary N) is 1. The molecule has 1 aliphatic rings. The highest BCUT2D eigenvalue weighted by atomic mass is 35.5. The minimum absolute atomic E-state index is 0.0144. The fourth-order valence-corrected chi connectivity index (χ4v) is 5.89. The number of rotatable bonds is 7. The zero-order valence-electron chi connectivity index (χ0n) is 28.8. The summed E-state index contributed by atoms with van der Waals surface area (Å²) >= 11 is 6.46. The van der Waals surface area contributed by atoms with E-state index in [0.717, 1.165) is 17.1 Å². The Balaban J connectivity index is 1.17. The molecular weight excluding hydrogens is 723 g/mol. The molecule has 5 heterocycles. The molecule has 1 saturated heterocycles. The number of nitrogens with zero attached hydrogens (tertiary/aromatic N) is 9. The Hall–Kier alpha value is -5.98. The molecule has 3 N–H and O–H groups in total. The molecule has 16 nitrogen and oxygen atoms in total. The summed E-state index contributed by atoms with van der Waals surface area (Å²) < 4.78 is 51.6. The van der Waals surface area contributed by atoms with Crippen LogP contribution in [-0.2, 0) is 29.3 Å². The number of imidazole rings is 1. The molecule has 0 aliphatic carbocycles. The summed E-state index contributed by atoms with van der Waals surface area (Å²) in [6, 6.07) is 5.69. The third-order valence-corrected chi connectivity index (χ3v) is 8.41. The molecule has 0 spiro atoms. The molecule has 1 fully saturated rings. The monoisotopic (exact) mass is 755 g/mol. The highest BCUT2D eigenvalue weighted by molar-refractivity contribution is 6.34. The van der Waals surface area contributed by atoms with Crippen molar-refractivity contribution in [2.24, 2.45) is 12.8 Å². The van der Waals surface area contributed by atoms with E-state index in [1.807, 2.05) is 0 Å². The molecule has 1 aliphatic heterocycles. The van der Waals surface area contributed by atoms with Crippen molar-refractivity contribution in [2.75, 3.05) is 31.5 Å². The van der Waals surface area contributed by atoms with Crippen LogP contribution in [0, 0.1) is 0 Å². The average Bonchev–Trinajstić information content (AvgIpc) is 3.79. The van der Waals surface area contributed by atoms with E-state index in [9.17, 15) is 32.3 Å². The van der Waals surface area contributed by atoms with Gasteiger partial charge in [-0.25, -0.2) is 19.4 Å². The van der Waals surface area contributed by atoms with Gasteiger partial charge in [0.05, 0.1) is 33.6 Å². The number of primary amides is 1. The summed E-state index contributed by atoms with van der Waals surface area (Å²) in [4.78, 5) is 61.5. The average molecular weight is 756 g/mol. The minimum atomic E-state index is -4.89. The van der Waals surface area contributed by atoms with E-state index in [4.69, 9.17) is 22.1 Å². The van der Waals surface area contributed by atoms with Gasteiger partial charge < -0.3 is 30.2 Å². The van der Waals surface area contributed by atoms with Gasteiger partial charge in [0.1, 0.15) is 12.1 Å². The third kappa shape index (κ3) is 7.93. The lowest BCUT2D eigenvalue weighted by Gasteiger charge is -2.35. The molecule has 53 heavy (non-hydrogen) atoms. The Kier molecular flexibility index (Phi) is 9.63. The second-order valence-corrected chi connectivity index (χ2v) is 13.6. The molecule has 20 heteroatoms. The molecular formula is C33H33ClF3N11O5. The SMILES string of the molecule is Cn1c(-c2cn(-c3cc4nn(CC(N)=O)cc4cn3)nc2C(F)(F)F)cnc1C(=O)Nc1ccc(C(=O)N2CCN(C(=O)OC(C)(C)C)CC2)c(Cl)c1. The Morgan fingerprint density at radius 2 is 1.66 bits per heavy atom. The van der Waals surface area contributed by atoms with E-state index in [2.05, 4.69) is 25.5 Å². The van der Waals surface area contributed by atoms with Gasteiger partial charge in [-0.1, -0.05) is 11.6 Å². The topological polar surface area (TPSA) is 188 Å². The Morgan fingerprint density at radius 3 is 2.30 bits per heavy atom. The van der Waals surface area contributed by atoms with Crippen LogP contribution in [0.2, 0.25) is 5.02 Å². The van der Waals surface area contributed by atoms with E-state index in [1.54, 1.807) is 25.7 Å². The predicted molar refractivity (Wildman–Crippen MR) is 184 cm³/mol. The minimum Gasteiger partial charge on any atom is -0.444 e. The molecule has 1 aromatic carbocycles. The fraction of sp³-hybridized carbons (Fsp3) is 0.333. The second-order valence-electron chi connectivity index (χ2n) is 13.2. The molecule has 0 radical (unpaired) electrons. The van der Waals surface area contributed by atoms with Gasteiger partial charge in [-0.2, -0.15) is 23.4 Å². The second kappa shape index (κ2) is 13.9. The zero-order valence-corrected chi connectivity index (χ0v) is 29.6. The van der Waals surface area contributed by atoms with Crippen LogP contribution in [-0.4, -0.2) is 99.5 Å². The number of aromatic nitrogens is 7. The Bertz CT molecular complexity index is 2250. The van der Waals surface area contributed by atoms with Crippen molar-refractivity contribution in [3.05, 3.63) is 71.2 Å². The van der Waals surface area contributed by atoms with Gasteiger partial charge in [0.25, 0.3) is 11.8 Å². The van der Waals surface area contributed by atoms with Crippen LogP contribution in [0.1, 0.15) is 47.4 Å². The van der Waals surface area contributed by atoms with Gasteiger partial charge in [0.15, 0.2) is 17.3 Å². The van der Waals surface area contributed by atoms with Gasteiger partial charge in [-0.05, 0) is 39.0 Å². The maximum absolute atomic E-state index is 14.2. The van der Waals surface area contributed by atoms with Crippen molar-refractivity contribution in [3.8, 4) is 17.1 Å². The molecule has 6 rings (SSSR count). The summed E-state index contributed by atoms with van der Waals surface area (Å²) in [6.45, 7) is 6.20. The van der Waals surface area contributed by atoms with Crippen LogP contribution in [0.5, 0.6) is 0 Å². The number of anilines is 1. The lowest BCUT2D eigenvalue weighted by molar-refractivity contribution is -0.140. The summed E-state index contributed by atoms with van der Waals surface area (Å²) in [5.41, 5.74) is 3.63. The molecule has 0 bridgehead atoms. The van der Waals surface area contributed by atoms with Crippen molar-refractivity contribution in [2.45, 2.75) is 39.1 Å². The summed E-state index contributed by atoms with van der Waals surface area (Å²) in [5, 5.41) is 11.2. The number of hydrogen-bond acceptors (Lipinski definition) is 9. The number of benzene rings is 1. The van der Waals surface area contributed by atoms with Gasteiger partial charge in [0, 0.05) is 69.0 Å². The quantitative estimate of drug-likeness (QED) is 0.246. The first-order valence-corrected chi connectivity index (χ1v) is 16.4. The highest BCUT2D eigenvalue weighted by Crippen LogP contribution is 2.37. The van der Waals surface area contributed by atoms with Crippen molar-refractivity contribution in [1.29, 1.82) is 0 Å². The number of fused-ring (bicyclic) bond motifs is 1. The number of halogens is 4. The zero-order chi connectivity index (χ0) is 38.4. The van der Waals surface area contributed by atoms with E-state index in [-0.39, 0.29) is 77.8 Å². The normalized spacial score (nSPS) is 13.7. The number of ether oxygens (including phenoxy) is 1. The number of carbonyl (C=O) groups excluding carboxylic acids is 4. The first-order chi connectivity index (χ1) is 24.9. The predicted octanol–water partition coefficient (Wildman–Crippen LogP) is 4.12. The third-order valence-electron chi connectivity index (χ3n) is 8.10. The summed E-state index contributed by atoms with van der Waals surface area (Å²) in [5.74, 6) is -1.95. The highest BCUT2D eigenvalue weighted by Gasteiger charge is 2.39. The molecule has 5 aromatic rings.